The number of nitrogens with one attached hydrogen (secondary N) is 1. The number of anilines is 1. The highest BCUT2D eigenvalue weighted by molar-refractivity contribution is 6.30. The Morgan fingerprint density at radius 3 is 2.83 bits per heavy atom. The van der Waals surface area contributed by atoms with Crippen LogP contribution in [0.25, 0.3) is 16.7 Å². The number of nitrogens with zero attached hydrogens (tertiary/aromatic N) is 2. The van der Waals surface area contributed by atoms with E-state index >= 15 is 0 Å². The van der Waals surface area contributed by atoms with E-state index in [0.29, 0.717) is 33.4 Å². The molecule has 0 aliphatic carbocycles. The molecule has 29 heavy (non-hydrogen) atoms. The molecule has 1 atom stereocenters. The third-order valence-electron chi connectivity index (χ3n) is 5.14. The number of amides is 1. The van der Waals surface area contributed by atoms with Gasteiger partial charge in [0.2, 0.25) is 11.7 Å². The van der Waals surface area contributed by atoms with Crippen LogP contribution in [0, 0.1) is 6.92 Å². The fraction of sp³-hybridized carbons (Fsp3) is 0.136. The Morgan fingerprint density at radius 1 is 1.21 bits per heavy atom. The lowest BCUT2D eigenvalue weighted by Crippen LogP contribution is -2.28. The molecule has 1 aliphatic rings. The van der Waals surface area contributed by atoms with Crippen LogP contribution in [-0.2, 0) is 4.79 Å². The molecule has 0 spiro atoms. The van der Waals surface area contributed by atoms with Crippen molar-refractivity contribution < 1.29 is 14.0 Å². The molecule has 0 fully saturated rings. The molecule has 0 bridgehead atoms. The summed E-state index contributed by atoms with van der Waals surface area (Å²) in [4.78, 5) is 25.7. The van der Waals surface area contributed by atoms with E-state index in [0.717, 1.165) is 5.39 Å². The standard InChI is InChI=1S/C22H16ClN3O3/c1-12-20-16(21(28)18-9-13-5-2-3-8-17(13)29-18)11-19(27)24-22(20)26(25-12)15-7-4-6-14(23)10-15/h2-10,16H,11H2,1H3,(H,24,27)/t16-/m1/s1. The number of hydrogen-bond acceptors (Lipinski definition) is 4. The van der Waals surface area contributed by atoms with Gasteiger partial charge in [0, 0.05) is 22.4 Å². The van der Waals surface area contributed by atoms with Gasteiger partial charge in [0.05, 0.1) is 17.3 Å². The zero-order valence-corrected chi connectivity index (χ0v) is 16.2. The molecule has 0 unspecified atom stereocenters. The summed E-state index contributed by atoms with van der Waals surface area (Å²) in [6.45, 7) is 1.83. The van der Waals surface area contributed by atoms with Crippen molar-refractivity contribution in [2.75, 3.05) is 5.32 Å². The average Bonchev–Trinajstić information content (AvgIpc) is 3.28. The number of benzene rings is 2. The van der Waals surface area contributed by atoms with Crippen LogP contribution in [0.4, 0.5) is 5.82 Å². The van der Waals surface area contributed by atoms with Crippen molar-refractivity contribution in [3.05, 3.63) is 76.6 Å². The predicted molar refractivity (Wildman–Crippen MR) is 110 cm³/mol. The van der Waals surface area contributed by atoms with Gasteiger partial charge in [0.15, 0.2) is 5.76 Å². The number of rotatable bonds is 3. The normalized spacial score (nSPS) is 15.9. The van der Waals surface area contributed by atoms with Crippen LogP contribution < -0.4 is 5.32 Å². The van der Waals surface area contributed by atoms with E-state index in [1.807, 2.05) is 43.3 Å². The van der Waals surface area contributed by atoms with E-state index in [-0.39, 0.29) is 23.9 Å². The van der Waals surface area contributed by atoms with Crippen molar-refractivity contribution in [2.45, 2.75) is 19.3 Å². The number of Topliss-reactive ketones (excluding diaryl/α,β-unsaturated/α-hetero) is 1. The molecule has 2 aromatic carbocycles. The highest BCUT2D eigenvalue weighted by Gasteiger charge is 2.37. The Hall–Kier alpha value is -3.38. The highest BCUT2D eigenvalue weighted by Crippen LogP contribution is 2.39. The van der Waals surface area contributed by atoms with Gasteiger partial charge in [-0.25, -0.2) is 4.68 Å². The van der Waals surface area contributed by atoms with Crippen molar-refractivity contribution in [1.82, 2.24) is 9.78 Å². The maximum absolute atomic E-state index is 13.3. The van der Waals surface area contributed by atoms with E-state index in [9.17, 15) is 9.59 Å². The van der Waals surface area contributed by atoms with Crippen LogP contribution in [-0.4, -0.2) is 21.5 Å². The molecule has 0 radical (unpaired) electrons. The largest absolute Gasteiger partial charge is 0.453 e. The molecule has 0 saturated heterocycles. The van der Waals surface area contributed by atoms with Gasteiger partial charge < -0.3 is 9.73 Å². The molecule has 1 aliphatic heterocycles. The van der Waals surface area contributed by atoms with Crippen molar-refractivity contribution >= 4 is 40.1 Å². The minimum absolute atomic E-state index is 0.0466. The van der Waals surface area contributed by atoms with Crippen LogP contribution in [0.3, 0.4) is 0 Å². The monoisotopic (exact) mass is 405 g/mol. The van der Waals surface area contributed by atoms with Crippen LogP contribution in [0.1, 0.15) is 34.2 Å². The molecule has 3 heterocycles. The summed E-state index contributed by atoms with van der Waals surface area (Å²) < 4.78 is 7.37. The zero-order chi connectivity index (χ0) is 20.1. The second-order valence-electron chi connectivity index (χ2n) is 7.06. The first-order chi connectivity index (χ1) is 14.0. The lowest BCUT2D eigenvalue weighted by molar-refractivity contribution is -0.116. The van der Waals surface area contributed by atoms with Gasteiger partial charge >= 0.3 is 0 Å². The van der Waals surface area contributed by atoms with E-state index < -0.39 is 5.92 Å². The number of aryl methyl sites for hydroxylation is 1. The molecule has 7 heteroatoms. The third-order valence-corrected chi connectivity index (χ3v) is 5.38. The maximum atomic E-state index is 13.3. The highest BCUT2D eigenvalue weighted by atomic mass is 35.5. The Bertz CT molecular complexity index is 1250. The molecular weight excluding hydrogens is 390 g/mol. The topological polar surface area (TPSA) is 77.1 Å². The van der Waals surface area contributed by atoms with Crippen LogP contribution in [0.2, 0.25) is 5.02 Å². The molecule has 2 aromatic heterocycles. The Balaban J connectivity index is 1.62. The van der Waals surface area contributed by atoms with Crippen molar-refractivity contribution in [2.24, 2.45) is 0 Å². The molecule has 5 rings (SSSR count). The summed E-state index contributed by atoms with van der Waals surface area (Å²) in [5.74, 6) is -0.393. The number of carbonyl (C=O) groups is 2. The summed E-state index contributed by atoms with van der Waals surface area (Å²) >= 11 is 6.12. The first-order valence-corrected chi connectivity index (χ1v) is 9.57. The van der Waals surface area contributed by atoms with Gasteiger partial charge in [0.1, 0.15) is 11.4 Å². The summed E-state index contributed by atoms with van der Waals surface area (Å²) in [5, 5.41) is 8.84. The Kier molecular flexibility index (Phi) is 4.03. The Morgan fingerprint density at radius 2 is 2.03 bits per heavy atom. The van der Waals surface area contributed by atoms with E-state index in [1.165, 1.54) is 0 Å². The first-order valence-electron chi connectivity index (χ1n) is 9.19. The van der Waals surface area contributed by atoms with Crippen molar-refractivity contribution in [3.8, 4) is 5.69 Å². The minimum atomic E-state index is -0.660. The van der Waals surface area contributed by atoms with E-state index in [4.69, 9.17) is 16.0 Å². The predicted octanol–water partition coefficient (Wildman–Crippen LogP) is 4.89. The Labute approximate surface area is 171 Å². The number of halogens is 1. The number of fused-ring (bicyclic) bond motifs is 2. The SMILES string of the molecule is Cc1nn(-c2cccc(Cl)c2)c2c1[C@H](C(=O)c1cc3ccccc3o1)CC(=O)N2. The number of carbonyl (C=O) groups excluding carboxylic acids is 2. The summed E-state index contributed by atoms with van der Waals surface area (Å²) in [6, 6.07) is 16.3. The second kappa shape index (κ2) is 6.60. The summed E-state index contributed by atoms with van der Waals surface area (Å²) in [7, 11) is 0. The molecule has 6 nitrogen and oxygen atoms in total. The van der Waals surface area contributed by atoms with Gasteiger partial charge in [-0.3, -0.25) is 9.59 Å². The van der Waals surface area contributed by atoms with Crippen molar-refractivity contribution in [3.63, 3.8) is 0 Å². The molecule has 1 N–H and O–H groups in total. The number of furan rings is 1. The molecule has 1 amide bonds. The lowest BCUT2D eigenvalue weighted by Gasteiger charge is -2.22. The van der Waals surface area contributed by atoms with Crippen molar-refractivity contribution in [1.29, 1.82) is 0 Å². The maximum Gasteiger partial charge on any atom is 0.226 e. The fourth-order valence-electron chi connectivity index (χ4n) is 3.84. The number of ketones is 1. The fourth-order valence-corrected chi connectivity index (χ4v) is 4.03. The summed E-state index contributed by atoms with van der Waals surface area (Å²) in [6.07, 6.45) is 0.0466. The quantitative estimate of drug-likeness (QED) is 0.492. The smallest absolute Gasteiger partial charge is 0.226 e. The third kappa shape index (κ3) is 2.93. The lowest BCUT2D eigenvalue weighted by atomic mass is 9.87. The zero-order valence-electron chi connectivity index (χ0n) is 15.5. The molecular formula is C22H16ClN3O3. The van der Waals surface area contributed by atoms with Gasteiger partial charge in [-0.1, -0.05) is 35.9 Å². The van der Waals surface area contributed by atoms with E-state index in [2.05, 4.69) is 10.4 Å². The van der Waals surface area contributed by atoms with Crippen LogP contribution in [0.5, 0.6) is 0 Å². The molecule has 4 aromatic rings. The van der Waals surface area contributed by atoms with E-state index in [1.54, 1.807) is 22.9 Å². The second-order valence-corrected chi connectivity index (χ2v) is 7.49. The van der Waals surface area contributed by atoms with Crippen LogP contribution >= 0.6 is 11.6 Å². The van der Waals surface area contributed by atoms with Gasteiger partial charge in [-0.2, -0.15) is 5.10 Å². The molecule has 144 valence electrons. The average molecular weight is 406 g/mol. The van der Waals surface area contributed by atoms with Gasteiger partial charge in [-0.15, -0.1) is 0 Å². The first kappa shape index (κ1) is 17.7. The van der Waals surface area contributed by atoms with Gasteiger partial charge in [0.25, 0.3) is 0 Å². The number of hydrogen-bond donors (Lipinski definition) is 1. The number of para-hydroxylation sites is 1. The minimum Gasteiger partial charge on any atom is -0.453 e. The summed E-state index contributed by atoms with van der Waals surface area (Å²) in [5.41, 5.74) is 2.73. The molecule has 0 saturated carbocycles. The number of aromatic nitrogens is 2. The van der Waals surface area contributed by atoms with Crippen LogP contribution in [0.15, 0.2) is 59.0 Å². The van der Waals surface area contributed by atoms with Gasteiger partial charge in [-0.05, 0) is 37.3 Å².